The molecule has 0 aliphatic heterocycles. The van der Waals surface area contributed by atoms with E-state index in [1.54, 1.807) is 22.8 Å². The number of aromatic nitrogens is 3. The van der Waals surface area contributed by atoms with Crippen LogP contribution in [0.1, 0.15) is 40.5 Å². The van der Waals surface area contributed by atoms with Gasteiger partial charge in [0.05, 0.1) is 6.20 Å². The minimum Gasteiger partial charge on any atom is -0.348 e. The average molecular weight is 338 g/mol. The van der Waals surface area contributed by atoms with Crippen LogP contribution in [0.4, 0.5) is 4.39 Å². The number of hydrogen-bond acceptors (Lipinski definition) is 3. The maximum absolute atomic E-state index is 12.9. The van der Waals surface area contributed by atoms with E-state index < -0.39 is 0 Å². The number of rotatable bonds is 3. The molecule has 1 aliphatic carbocycles. The van der Waals surface area contributed by atoms with Crippen LogP contribution in [0.2, 0.25) is 0 Å². The van der Waals surface area contributed by atoms with Crippen molar-refractivity contribution in [3.8, 4) is 0 Å². The van der Waals surface area contributed by atoms with E-state index in [2.05, 4.69) is 22.3 Å². The number of amides is 1. The highest BCUT2D eigenvalue weighted by Gasteiger charge is 2.21. The number of halogens is 1. The van der Waals surface area contributed by atoms with E-state index in [4.69, 9.17) is 0 Å². The topological polar surface area (TPSA) is 59.3 Å². The van der Waals surface area contributed by atoms with Crippen molar-refractivity contribution in [3.63, 3.8) is 0 Å². The van der Waals surface area contributed by atoms with Gasteiger partial charge in [-0.3, -0.25) is 4.79 Å². The molecule has 4 rings (SSSR count). The Bertz CT molecular complexity index is 932. The van der Waals surface area contributed by atoms with Crippen molar-refractivity contribution in [2.45, 2.75) is 32.7 Å². The second-order valence-electron chi connectivity index (χ2n) is 6.68. The van der Waals surface area contributed by atoms with Crippen LogP contribution < -0.4 is 5.32 Å². The van der Waals surface area contributed by atoms with Crippen LogP contribution >= 0.6 is 0 Å². The van der Waals surface area contributed by atoms with Crippen molar-refractivity contribution in [1.29, 1.82) is 0 Å². The summed E-state index contributed by atoms with van der Waals surface area (Å²) < 4.78 is 14.7. The largest absolute Gasteiger partial charge is 0.348 e. The van der Waals surface area contributed by atoms with Gasteiger partial charge in [0, 0.05) is 18.4 Å². The van der Waals surface area contributed by atoms with E-state index in [1.807, 2.05) is 6.20 Å². The molecule has 128 valence electrons. The van der Waals surface area contributed by atoms with Crippen LogP contribution in [0, 0.1) is 11.7 Å². The van der Waals surface area contributed by atoms with E-state index in [0.717, 1.165) is 30.5 Å². The number of nitrogens with one attached hydrogen (secondary N) is 1. The molecule has 1 aliphatic rings. The van der Waals surface area contributed by atoms with Gasteiger partial charge in [0.25, 0.3) is 5.91 Å². The molecule has 6 heteroatoms. The molecule has 0 saturated carbocycles. The number of fused-ring (bicyclic) bond motifs is 3. The first kappa shape index (κ1) is 15.7. The first-order chi connectivity index (χ1) is 12.1. The number of hydrogen-bond donors (Lipinski definition) is 1. The van der Waals surface area contributed by atoms with Gasteiger partial charge in [-0.15, -0.1) is 0 Å². The zero-order valence-corrected chi connectivity index (χ0v) is 14.0. The second-order valence-corrected chi connectivity index (χ2v) is 6.68. The number of aryl methyl sites for hydroxylation is 1. The maximum Gasteiger partial charge on any atom is 0.257 e. The van der Waals surface area contributed by atoms with Crippen molar-refractivity contribution in [2.75, 3.05) is 0 Å². The van der Waals surface area contributed by atoms with Crippen LogP contribution in [0.5, 0.6) is 0 Å². The van der Waals surface area contributed by atoms with Crippen LogP contribution in [-0.4, -0.2) is 20.5 Å². The summed E-state index contributed by atoms with van der Waals surface area (Å²) in [5, 5.41) is 7.23. The number of carbonyl (C=O) groups is 1. The van der Waals surface area contributed by atoms with Gasteiger partial charge in [-0.2, -0.15) is 5.10 Å². The van der Waals surface area contributed by atoms with E-state index >= 15 is 0 Å². The quantitative estimate of drug-likeness (QED) is 0.799. The van der Waals surface area contributed by atoms with Crippen molar-refractivity contribution in [2.24, 2.45) is 5.92 Å². The van der Waals surface area contributed by atoms with Gasteiger partial charge in [-0.25, -0.2) is 13.9 Å². The Hall–Kier alpha value is -2.76. The van der Waals surface area contributed by atoms with Crippen molar-refractivity contribution in [1.82, 2.24) is 19.9 Å². The molecule has 2 aromatic heterocycles. The lowest BCUT2D eigenvalue weighted by atomic mass is 9.89. The molecular weight excluding hydrogens is 319 g/mol. The molecule has 1 aromatic carbocycles. The van der Waals surface area contributed by atoms with Crippen LogP contribution in [-0.2, 0) is 19.4 Å². The number of nitrogens with zero attached hydrogens (tertiary/aromatic N) is 3. The molecule has 1 unspecified atom stereocenters. The molecular formula is C19H19FN4O. The molecule has 0 bridgehead atoms. The third kappa shape index (κ3) is 2.99. The van der Waals surface area contributed by atoms with Gasteiger partial charge in [0.15, 0.2) is 5.65 Å². The smallest absolute Gasteiger partial charge is 0.257 e. The van der Waals surface area contributed by atoms with Gasteiger partial charge in [-0.05, 0) is 48.4 Å². The minimum atomic E-state index is -0.291. The van der Waals surface area contributed by atoms with Crippen molar-refractivity contribution in [3.05, 3.63) is 64.9 Å². The minimum absolute atomic E-state index is 0.226. The van der Waals surface area contributed by atoms with Crippen molar-refractivity contribution < 1.29 is 9.18 Å². The Labute approximate surface area is 144 Å². The molecule has 1 atom stereocenters. The molecule has 5 nitrogen and oxygen atoms in total. The molecule has 25 heavy (non-hydrogen) atoms. The summed E-state index contributed by atoms with van der Waals surface area (Å²) in [6.45, 7) is 2.57. The monoisotopic (exact) mass is 338 g/mol. The average Bonchev–Trinajstić information content (AvgIpc) is 3.05. The molecule has 1 N–H and O–H groups in total. The maximum atomic E-state index is 12.9. The number of benzene rings is 1. The summed E-state index contributed by atoms with van der Waals surface area (Å²) in [7, 11) is 0. The van der Waals surface area contributed by atoms with E-state index in [-0.39, 0.29) is 11.7 Å². The highest BCUT2D eigenvalue weighted by Crippen LogP contribution is 2.25. The highest BCUT2D eigenvalue weighted by atomic mass is 19.1. The normalized spacial score (nSPS) is 16.6. The summed E-state index contributed by atoms with van der Waals surface area (Å²) in [4.78, 5) is 17.0. The predicted molar refractivity (Wildman–Crippen MR) is 91.7 cm³/mol. The van der Waals surface area contributed by atoms with Crippen LogP contribution in [0.15, 0.2) is 36.7 Å². The Morgan fingerprint density at radius 2 is 2.12 bits per heavy atom. The Balaban J connectivity index is 1.57. The molecule has 0 saturated heterocycles. The Morgan fingerprint density at radius 3 is 2.92 bits per heavy atom. The van der Waals surface area contributed by atoms with Gasteiger partial charge in [0.2, 0.25) is 0 Å². The van der Waals surface area contributed by atoms with Crippen LogP contribution in [0.3, 0.4) is 0 Å². The molecule has 0 fully saturated rings. The van der Waals surface area contributed by atoms with Gasteiger partial charge in [-0.1, -0.05) is 19.1 Å². The lowest BCUT2D eigenvalue weighted by molar-refractivity contribution is 0.0952. The fourth-order valence-electron chi connectivity index (χ4n) is 3.35. The predicted octanol–water partition coefficient (Wildman–Crippen LogP) is 2.92. The Kier molecular flexibility index (Phi) is 3.95. The highest BCUT2D eigenvalue weighted by molar-refractivity contribution is 5.99. The van der Waals surface area contributed by atoms with Gasteiger partial charge < -0.3 is 5.32 Å². The van der Waals surface area contributed by atoms with E-state index in [1.165, 1.54) is 17.7 Å². The molecule has 0 spiro atoms. The summed E-state index contributed by atoms with van der Waals surface area (Å²) in [5.74, 6) is 0.137. The van der Waals surface area contributed by atoms with Gasteiger partial charge >= 0.3 is 0 Å². The van der Waals surface area contributed by atoms with E-state index in [0.29, 0.717) is 23.7 Å². The lowest BCUT2D eigenvalue weighted by Gasteiger charge is -2.21. The summed E-state index contributed by atoms with van der Waals surface area (Å²) in [5.41, 5.74) is 4.26. The molecule has 2 heterocycles. The number of carbonyl (C=O) groups excluding carboxylic acids is 1. The first-order valence-corrected chi connectivity index (χ1v) is 8.49. The zero-order valence-electron chi connectivity index (χ0n) is 14.0. The molecule has 3 aromatic rings. The SMILES string of the molecule is CC1CCc2c(cnc3c(C(=O)NCc4ccc(F)cc4)cnn23)C1. The molecule has 0 radical (unpaired) electrons. The van der Waals surface area contributed by atoms with Crippen LogP contribution in [0.25, 0.3) is 5.65 Å². The second kappa shape index (κ2) is 6.27. The fourth-order valence-corrected chi connectivity index (χ4v) is 3.35. The van der Waals surface area contributed by atoms with E-state index in [9.17, 15) is 9.18 Å². The summed E-state index contributed by atoms with van der Waals surface area (Å²) in [6.07, 6.45) is 6.52. The first-order valence-electron chi connectivity index (χ1n) is 8.49. The third-order valence-electron chi connectivity index (χ3n) is 4.77. The summed E-state index contributed by atoms with van der Waals surface area (Å²) >= 11 is 0. The Morgan fingerprint density at radius 1 is 1.32 bits per heavy atom. The lowest BCUT2D eigenvalue weighted by Crippen LogP contribution is -2.23. The zero-order chi connectivity index (χ0) is 17.4. The summed E-state index contributed by atoms with van der Waals surface area (Å²) in [6, 6.07) is 6.07. The van der Waals surface area contributed by atoms with Crippen molar-refractivity contribution >= 4 is 11.6 Å². The third-order valence-corrected chi connectivity index (χ3v) is 4.77. The van der Waals surface area contributed by atoms with Gasteiger partial charge in [0.1, 0.15) is 11.4 Å². The standard InChI is InChI=1S/C19H19FN4O/c1-12-2-7-17-14(8-12)10-21-18-16(11-23-24(17)18)19(25)22-9-13-3-5-15(20)6-4-13/h3-6,10-12H,2,7-9H2,1H3,(H,22,25). The molecule has 1 amide bonds. The fraction of sp³-hybridized carbons (Fsp3) is 0.316.